The van der Waals surface area contributed by atoms with E-state index in [2.05, 4.69) is 27.0 Å². The number of fused-ring (bicyclic) bond motifs is 1. The highest BCUT2D eigenvalue weighted by molar-refractivity contribution is 6.01. The molecule has 3 amide bonds. The topological polar surface area (TPSA) is 95.1 Å². The Bertz CT molecular complexity index is 635. The van der Waals surface area contributed by atoms with E-state index < -0.39 is 0 Å². The molecule has 3 N–H and O–H groups in total. The Kier molecular flexibility index (Phi) is 5.37. The van der Waals surface area contributed by atoms with Crippen molar-refractivity contribution in [1.29, 1.82) is 0 Å². The first kappa shape index (κ1) is 17.1. The molecule has 0 aromatic heterocycles. The van der Waals surface area contributed by atoms with E-state index in [4.69, 9.17) is 4.74 Å². The Morgan fingerprint density at radius 2 is 2.20 bits per heavy atom. The summed E-state index contributed by atoms with van der Waals surface area (Å²) in [6.45, 7) is 4.06. The molecule has 0 saturated carbocycles. The minimum absolute atomic E-state index is 0.0267. The van der Waals surface area contributed by atoms with Gasteiger partial charge in [0.05, 0.1) is 13.1 Å². The third kappa shape index (κ3) is 4.20. The molecule has 8 heteroatoms. The van der Waals surface area contributed by atoms with E-state index in [-0.39, 0.29) is 24.6 Å². The van der Waals surface area contributed by atoms with Crippen LogP contribution in [0.1, 0.15) is 12.5 Å². The van der Waals surface area contributed by atoms with Crippen molar-refractivity contribution in [2.24, 2.45) is 4.99 Å². The van der Waals surface area contributed by atoms with Gasteiger partial charge in [0.2, 0.25) is 5.91 Å². The third-order valence-electron chi connectivity index (χ3n) is 4.08. The highest BCUT2D eigenvalue weighted by atomic mass is 16.5. The number of carbonyl (C=O) groups is 2. The molecule has 1 atom stereocenters. The zero-order chi connectivity index (χ0) is 17.6. The predicted molar refractivity (Wildman–Crippen MR) is 93.7 cm³/mol. The molecule has 1 aromatic carbocycles. The number of para-hydroxylation sites is 1. The van der Waals surface area contributed by atoms with E-state index in [0.29, 0.717) is 25.6 Å². The van der Waals surface area contributed by atoms with Crippen LogP contribution in [-0.4, -0.2) is 61.6 Å². The van der Waals surface area contributed by atoms with Crippen molar-refractivity contribution in [1.82, 2.24) is 20.9 Å². The summed E-state index contributed by atoms with van der Waals surface area (Å²) in [5.74, 6) is 1.37. The number of rotatable bonds is 6. The fourth-order valence-corrected chi connectivity index (χ4v) is 2.86. The van der Waals surface area contributed by atoms with Gasteiger partial charge >= 0.3 is 6.03 Å². The predicted octanol–water partition coefficient (Wildman–Crippen LogP) is 0.0970. The van der Waals surface area contributed by atoms with Crippen LogP contribution in [-0.2, 0) is 11.2 Å². The summed E-state index contributed by atoms with van der Waals surface area (Å²) < 4.78 is 5.88. The van der Waals surface area contributed by atoms with Crippen LogP contribution in [0.3, 0.4) is 0 Å². The number of aliphatic imine (C=N–C) groups is 1. The maximum absolute atomic E-state index is 11.5. The van der Waals surface area contributed by atoms with E-state index >= 15 is 0 Å². The fourth-order valence-electron chi connectivity index (χ4n) is 2.86. The van der Waals surface area contributed by atoms with E-state index in [9.17, 15) is 9.59 Å². The number of ether oxygens (including phenoxy) is 1. The van der Waals surface area contributed by atoms with Crippen LogP contribution >= 0.6 is 0 Å². The second kappa shape index (κ2) is 7.87. The van der Waals surface area contributed by atoms with Crippen LogP contribution in [0, 0.1) is 0 Å². The van der Waals surface area contributed by atoms with E-state index in [0.717, 1.165) is 18.7 Å². The fraction of sp³-hybridized carbons (Fsp3) is 0.471. The van der Waals surface area contributed by atoms with Crippen molar-refractivity contribution in [3.05, 3.63) is 29.8 Å². The average molecular weight is 345 g/mol. The van der Waals surface area contributed by atoms with Crippen LogP contribution in [0.5, 0.6) is 5.75 Å². The second-order valence-electron chi connectivity index (χ2n) is 5.90. The normalized spacial score (nSPS) is 19.5. The average Bonchev–Trinajstić information content (AvgIpc) is 3.16. The summed E-state index contributed by atoms with van der Waals surface area (Å²) in [7, 11) is 0. The lowest BCUT2D eigenvalue weighted by atomic mass is 10.1. The van der Waals surface area contributed by atoms with Crippen LogP contribution in [0.15, 0.2) is 29.3 Å². The largest absolute Gasteiger partial charge is 0.488 e. The van der Waals surface area contributed by atoms with Crippen molar-refractivity contribution in [3.8, 4) is 5.75 Å². The van der Waals surface area contributed by atoms with Gasteiger partial charge in [-0.1, -0.05) is 18.2 Å². The molecule has 1 aromatic rings. The number of guanidine groups is 1. The molecule has 8 nitrogen and oxygen atoms in total. The van der Waals surface area contributed by atoms with Gasteiger partial charge in [-0.3, -0.25) is 9.69 Å². The van der Waals surface area contributed by atoms with Gasteiger partial charge in [0, 0.05) is 26.1 Å². The van der Waals surface area contributed by atoms with Crippen molar-refractivity contribution >= 4 is 17.9 Å². The lowest BCUT2D eigenvalue weighted by Crippen LogP contribution is -2.43. The number of amides is 3. The zero-order valence-electron chi connectivity index (χ0n) is 14.2. The Balaban J connectivity index is 1.48. The molecule has 2 aliphatic heterocycles. The maximum Gasteiger partial charge on any atom is 0.324 e. The van der Waals surface area contributed by atoms with Crippen LogP contribution in [0.4, 0.5) is 4.79 Å². The number of nitrogens with one attached hydrogen (secondary N) is 3. The van der Waals surface area contributed by atoms with Crippen molar-refractivity contribution < 1.29 is 14.3 Å². The van der Waals surface area contributed by atoms with E-state index in [1.807, 2.05) is 25.1 Å². The SMILES string of the molecule is CCNC(=NCC1Cc2ccccc2O1)NCCN1C(=O)CNC1=O. The molecule has 134 valence electrons. The molecule has 1 saturated heterocycles. The standard InChI is InChI=1S/C17H23N5O3/c1-2-18-16(19-7-8-22-15(23)11-21-17(22)24)20-10-13-9-12-5-3-4-6-14(12)25-13/h3-6,13H,2,7-11H2,1H3,(H,21,24)(H2,18,19,20). The Hall–Kier alpha value is -2.77. The van der Waals surface area contributed by atoms with Gasteiger partial charge in [0.15, 0.2) is 5.96 Å². The Labute approximate surface area is 146 Å². The number of carbonyl (C=O) groups excluding carboxylic acids is 2. The third-order valence-corrected chi connectivity index (χ3v) is 4.08. The van der Waals surface area contributed by atoms with Crippen molar-refractivity contribution in [2.75, 3.05) is 32.7 Å². The summed E-state index contributed by atoms with van der Waals surface area (Å²) in [4.78, 5) is 28.8. The number of hydrogen-bond donors (Lipinski definition) is 3. The smallest absolute Gasteiger partial charge is 0.324 e. The highest BCUT2D eigenvalue weighted by Crippen LogP contribution is 2.28. The number of urea groups is 1. The summed E-state index contributed by atoms with van der Waals surface area (Å²) in [6.07, 6.45) is 0.875. The Morgan fingerprint density at radius 1 is 1.36 bits per heavy atom. The lowest BCUT2D eigenvalue weighted by molar-refractivity contribution is -0.124. The minimum atomic E-state index is -0.342. The van der Waals surface area contributed by atoms with Crippen LogP contribution in [0.2, 0.25) is 0 Å². The molecule has 0 spiro atoms. The molecule has 0 aliphatic carbocycles. The highest BCUT2D eigenvalue weighted by Gasteiger charge is 2.27. The van der Waals surface area contributed by atoms with E-state index in [1.54, 1.807) is 0 Å². The van der Waals surface area contributed by atoms with Gasteiger partial charge in [0.1, 0.15) is 11.9 Å². The van der Waals surface area contributed by atoms with Gasteiger partial charge in [-0.25, -0.2) is 9.79 Å². The molecule has 25 heavy (non-hydrogen) atoms. The van der Waals surface area contributed by atoms with Gasteiger partial charge in [-0.2, -0.15) is 0 Å². The molecular formula is C17H23N5O3. The molecule has 1 unspecified atom stereocenters. The summed E-state index contributed by atoms with van der Waals surface area (Å²) in [5.41, 5.74) is 1.21. The second-order valence-corrected chi connectivity index (χ2v) is 5.90. The first-order valence-electron chi connectivity index (χ1n) is 8.52. The van der Waals surface area contributed by atoms with E-state index in [1.165, 1.54) is 10.5 Å². The minimum Gasteiger partial charge on any atom is -0.488 e. The van der Waals surface area contributed by atoms with Gasteiger partial charge < -0.3 is 20.7 Å². The van der Waals surface area contributed by atoms with Gasteiger partial charge in [-0.15, -0.1) is 0 Å². The Morgan fingerprint density at radius 3 is 2.92 bits per heavy atom. The van der Waals surface area contributed by atoms with Crippen LogP contribution < -0.4 is 20.7 Å². The molecule has 0 radical (unpaired) electrons. The van der Waals surface area contributed by atoms with Gasteiger partial charge in [0.25, 0.3) is 0 Å². The number of benzene rings is 1. The maximum atomic E-state index is 11.5. The molecule has 1 fully saturated rings. The quantitative estimate of drug-likeness (QED) is 0.386. The number of nitrogens with zero attached hydrogens (tertiary/aromatic N) is 2. The molecule has 0 bridgehead atoms. The summed E-state index contributed by atoms with van der Waals surface area (Å²) in [5, 5.41) is 8.80. The molecular weight excluding hydrogens is 322 g/mol. The molecule has 2 heterocycles. The van der Waals surface area contributed by atoms with Crippen LogP contribution in [0.25, 0.3) is 0 Å². The summed E-state index contributed by atoms with van der Waals surface area (Å²) in [6, 6.07) is 7.67. The van der Waals surface area contributed by atoms with Crippen molar-refractivity contribution in [3.63, 3.8) is 0 Å². The lowest BCUT2D eigenvalue weighted by Gasteiger charge is -2.16. The molecule has 2 aliphatic rings. The first-order valence-corrected chi connectivity index (χ1v) is 8.52. The summed E-state index contributed by atoms with van der Waals surface area (Å²) >= 11 is 0. The first-order chi connectivity index (χ1) is 12.2. The monoisotopic (exact) mass is 345 g/mol. The van der Waals surface area contributed by atoms with Gasteiger partial charge in [-0.05, 0) is 18.6 Å². The number of imide groups is 1. The number of hydrogen-bond acceptors (Lipinski definition) is 4. The zero-order valence-corrected chi connectivity index (χ0v) is 14.2. The van der Waals surface area contributed by atoms with Crippen molar-refractivity contribution in [2.45, 2.75) is 19.4 Å². The molecule has 3 rings (SSSR count).